The Balaban J connectivity index is 3.01. The third-order valence-corrected chi connectivity index (χ3v) is 3.93. The highest BCUT2D eigenvalue weighted by Crippen LogP contribution is 2.02. The second-order valence-electron chi connectivity index (χ2n) is 6.41. The summed E-state index contributed by atoms with van der Waals surface area (Å²) >= 11 is 0. The highest BCUT2D eigenvalue weighted by Gasteiger charge is 1.99. The number of methoxy groups -OCH3 is 1. The molecule has 0 amide bonds. The van der Waals surface area contributed by atoms with Gasteiger partial charge in [-0.25, -0.2) is 0 Å². The number of carbonyl (C=O) groups is 1. The summed E-state index contributed by atoms with van der Waals surface area (Å²) in [4.78, 5) is 10.9. The van der Waals surface area contributed by atoms with Crippen LogP contribution in [0, 0.1) is 0 Å². The first-order valence-corrected chi connectivity index (χ1v) is 10.8. The van der Waals surface area contributed by atoms with Crippen LogP contribution in [0.4, 0.5) is 0 Å². The molecule has 0 aromatic heterocycles. The number of esters is 1. The van der Waals surface area contributed by atoms with Crippen LogP contribution in [-0.4, -0.2) is 92.4 Å². The van der Waals surface area contributed by atoms with Crippen molar-refractivity contribution in [1.29, 1.82) is 0 Å². The highest BCUT2D eigenvalue weighted by atomic mass is 16.6. The fourth-order valence-electron chi connectivity index (χ4n) is 2.27. The monoisotopic (exact) mass is 422 g/mol. The Labute approximate surface area is 176 Å². The van der Waals surface area contributed by atoms with E-state index in [1.807, 2.05) is 0 Å². The highest BCUT2D eigenvalue weighted by molar-refractivity contribution is 5.69. The third-order valence-electron chi connectivity index (χ3n) is 3.93. The molecule has 0 rings (SSSR count). The number of unbranched alkanes of at least 4 members (excludes halogenated alkanes) is 4. The molecule has 0 atom stereocenters. The van der Waals surface area contributed by atoms with Crippen molar-refractivity contribution in [3.8, 4) is 0 Å². The number of carbonyl (C=O) groups excluding carboxylic acids is 1. The van der Waals surface area contributed by atoms with Crippen LogP contribution in [0.1, 0.15) is 45.4 Å². The van der Waals surface area contributed by atoms with Gasteiger partial charge in [0.1, 0.15) is 0 Å². The molecule has 174 valence electrons. The van der Waals surface area contributed by atoms with E-state index < -0.39 is 0 Å². The summed E-state index contributed by atoms with van der Waals surface area (Å²) in [6, 6.07) is 0. The van der Waals surface area contributed by atoms with E-state index in [2.05, 4.69) is 11.7 Å². The lowest BCUT2D eigenvalue weighted by Crippen LogP contribution is -2.14. The van der Waals surface area contributed by atoms with Gasteiger partial charge < -0.3 is 33.2 Å². The molecule has 0 aliphatic carbocycles. The number of ether oxygens (including phenoxy) is 7. The summed E-state index contributed by atoms with van der Waals surface area (Å²) in [5, 5.41) is 0. The van der Waals surface area contributed by atoms with E-state index in [4.69, 9.17) is 28.4 Å². The van der Waals surface area contributed by atoms with Crippen molar-refractivity contribution in [2.45, 2.75) is 45.4 Å². The average Bonchev–Trinajstić information content (AvgIpc) is 2.74. The van der Waals surface area contributed by atoms with Gasteiger partial charge in [-0.05, 0) is 6.42 Å². The fraction of sp³-hybridized carbons (Fsp3) is 0.952. The summed E-state index contributed by atoms with van der Waals surface area (Å²) in [6.07, 6.45) is 6.55. The predicted molar refractivity (Wildman–Crippen MR) is 110 cm³/mol. The SMILES string of the molecule is CCCCCCCOCCOCCOCCOCCOCCOCCC(=O)OC. The number of hydrogen-bond acceptors (Lipinski definition) is 8. The lowest BCUT2D eigenvalue weighted by molar-refractivity contribution is -0.141. The second kappa shape index (κ2) is 25.3. The lowest BCUT2D eigenvalue weighted by Gasteiger charge is -2.08. The molecule has 8 nitrogen and oxygen atoms in total. The first kappa shape index (κ1) is 28.2. The van der Waals surface area contributed by atoms with Gasteiger partial charge in [0.15, 0.2) is 0 Å². The summed E-state index contributed by atoms with van der Waals surface area (Å²) in [5.74, 6) is -0.273. The zero-order chi connectivity index (χ0) is 21.3. The van der Waals surface area contributed by atoms with Gasteiger partial charge in [0.25, 0.3) is 0 Å². The van der Waals surface area contributed by atoms with Crippen LogP contribution in [0.25, 0.3) is 0 Å². The minimum atomic E-state index is -0.273. The van der Waals surface area contributed by atoms with E-state index in [1.54, 1.807) is 0 Å². The van der Waals surface area contributed by atoms with E-state index in [-0.39, 0.29) is 12.4 Å². The van der Waals surface area contributed by atoms with Gasteiger partial charge in [0.2, 0.25) is 0 Å². The molecule has 0 saturated heterocycles. The van der Waals surface area contributed by atoms with Crippen LogP contribution < -0.4 is 0 Å². The molecule has 0 bridgehead atoms. The maximum absolute atomic E-state index is 10.9. The Hall–Kier alpha value is -0.770. The molecule has 8 heteroatoms. The first-order valence-electron chi connectivity index (χ1n) is 10.8. The van der Waals surface area contributed by atoms with Crippen LogP contribution in [0.15, 0.2) is 0 Å². The zero-order valence-corrected chi connectivity index (χ0v) is 18.5. The lowest BCUT2D eigenvalue weighted by atomic mass is 10.2. The molecule has 0 aliphatic heterocycles. The third kappa shape index (κ3) is 25.2. The summed E-state index contributed by atoms with van der Waals surface area (Å²) in [5.41, 5.74) is 0. The van der Waals surface area contributed by atoms with Crippen molar-refractivity contribution in [3.05, 3.63) is 0 Å². The minimum Gasteiger partial charge on any atom is -0.469 e. The quantitative estimate of drug-likeness (QED) is 0.173. The van der Waals surface area contributed by atoms with Gasteiger partial charge in [-0.1, -0.05) is 32.6 Å². The van der Waals surface area contributed by atoms with Crippen LogP contribution in [-0.2, 0) is 38.0 Å². The van der Waals surface area contributed by atoms with Crippen molar-refractivity contribution in [2.24, 2.45) is 0 Å². The van der Waals surface area contributed by atoms with Crippen molar-refractivity contribution < 1.29 is 38.0 Å². The predicted octanol–water partition coefficient (Wildman–Crippen LogP) is 2.62. The maximum Gasteiger partial charge on any atom is 0.307 e. The number of hydrogen-bond donors (Lipinski definition) is 0. The topological polar surface area (TPSA) is 81.7 Å². The summed E-state index contributed by atoms with van der Waals surface area (Å²) in [6.45, 7) is 8.77. The Bertz CT molecular complexity index is 328. The van der Waals surface area contributed by atoms with Crippen molar-refractivity contribution in [3.63, 3.8) is 0 Å². The normalized spacial score (nSPS) is 11.1. The largest absolute Gasteiger partial charge is 0.469 e. The minimum absolute atomic E-state index is 0.262. The Morgan fingerprint density at radius 3 is 1.31 bits per heavy atom. The standard InChI is InChI=1S/C21H42O8/c1-3-4-5-6-7-9-24-11-13-26-15-17-28-19-20-29-18-16-27-14-12-25-10-8-21(22)23-2/h3-20H2,1-2H3. The molecule has 0 heterocycles. The molecular formula is C21H42O8. The van der Waals surface area contributed by atoms with Gasteiger partial charge in [-0.15, -0.1) is 0 Å². The van der Waals surface area contributed by atoms with Gasteiger partial charge in [0, 0.05) is 6.61 Å². The maximum atomic E-state index is 10.9. The van der Waals surface area contributed by atoms with Crippen LogP contribution in [0.3, 0.4) is 0 Å². The van der Waals surface area contributed by atoms with Crippen LogP contribution >= 0.6 is 0 Å². The molecule has 0 aromatic rings. The molecule has 0 saturated carbocycles. The molecule has 0 aliphatic rings. The van der Waals surface area contributed by atoms with E-state index in [0.29, 0.717) is 72.7 Å². The van der Waals surface area contributed by atoms with Crippen molar-refractivity contribution in [1.82, 2.24) is 0 Å². The van der Waals surface area contributed by atoms with E-state index in [0.717, 1.165) is 13.0 Å². The molecule has 0 aromatic carbocycles. The zero-order valence-electron chi connectivity index (χ0n) is 18.5. The number of rotatable bonds is 24. The average molecular weight is 423 g/mol. The first-order chi connectivity index (χ1) is 14.3. The summed E-state index contributed by atoms with van der Waals surface area (Å²) < 4.78 is 36.9. The smallest absolute Gasteiger partial charge is 0.307 e. The van der Waals surface area contributed by atoms with Crippen LogP contribution in [0.5, 0.6) is 0 Å². The van der Waals surface area contributed by atoms with Gasteiger partial charge >= 0.3 is 5.97 Å². The van der Waals surface area contributed by atoms with Crippen molar-refractivity contribution in [2.75, 3.05) is 86.4 Å². The molecule has 0 radical (unpaired) electrons. The molecular weight excluding hydrogens is 380 g/mol. The fourth-order valence-corrected chi connectivity index (χ4v) is 2.27. The molecule has 0 unspecified atom stereocenters. The van der Waals surface area contributed by atoms with E-state index in [1.165, 1.54) is 32.8 Å². The second-order valence-corrected chi connectivity index (χ2v) is 6.41. The molecule has 0 N–H and O–H groups in total. The molecule has 0 spiro atoms. The Morgan fingerprint density at radius 2 is 0.897 bits per heavy atom. The van der Waals surface area contributed by atoms with E-state index in [9.17, 15) is 4.79 Å². The Morgan fingerprint density at radius 1 is 0.517 bits per heavy atom. The Kier molecular flexibility index (Phi) is 24.6. The van der Waals surface area contributed by atoms with Gasteiger partial charge in [-0.3, -0.25) is 4.79 Å². The molecule has 0 fully saturated rings. The van der Waals surface area contributed by atoms with Gasteiger partial charge in [0.05, 0.1) is 86.2 Å². The van der Waals surface area contributed by atoms with Crippen LogP contribution in [0.2, 0.25) is 0 Å². The van der Waals surface area contributed by atoms with E-state index >= 15 is 0 Å². The van der Waals surface area contributed by atoms with Gasteiger partial charge in [-0.2, -0.15) is 0 Å². The van der Waals surface area contributed by atoms with Crippen molar-refractivity contribution >= 4 is 5.97 Å². The summed E-state index contributed by atoms with van der Waals surface area (Å²) in [7, 11) is 1.36. The molecule has 29 heavy (non-hydrogen) atoms.